The summed E-state index contributed by atoms with van der Waals surface area (Å²) in [6, 6.07) is 15.0. The maximum atomic E-state index is 13.0. The molecule has 4 rings (SSSR count). The van der Waals surface area contributed by atoms with Gasteiger partial charge in [-0.05, 0) is 32.0 Å². The number of para-hydroxylation sites is 2. The molecule has 0 bridgehead atoms. The molecule has 2 aromatic heterocycles. The van der Waals surface area contributed by atoms with E-state index in [4.69, 9.17) is 0 Å². The van der Waals surface area contributed by atoms with Crippen molar-refractivity contribution in [3.63, 3.8) is 0 Å². The van der Waals surface area contributed by atoms with Crippen molar-refractivity contribution in [1.29, 1.82) is 0 Å². The quantitative estimate of drug-likeness (QED) is 0.321. The van der Waals surface area contributed by atoms with Crippen molar-refractivity contribution in [3.8, 4) is 0 Å². The summed E-state index contributed by atoms with van der Waals surface area (Å²) in [6.07, 6.45) is 1.75. The van der Waals surface area contributed by atoms with E-state index in [0.29, 0.717) is 28.2 Å². The zero-order valence-corrected chi connectivity index (χ0v) is 15.9. The van der Waals surface area contributed by atoms with Gasteiger partial charge >= 0.3 is 0 Å². The van der Waals surface area contributed by atoms with Gasteiger partial charge in [0.25, 0.3) is 5.56 Å². The van der Waals surface area contributed by atoms with Gasteiger partial charge in [-0.2, -0.15) is 0 Å². The predicted molar refractivity (Wildman–Crippen MR) is 110 cm³/mol. The van der Waals surface area contributed by atoms with Gasteiger partial charge < -0.3 is 4.98 Å². The van der Waals surface area contributed by atoms with Crippen LogP contribution in [0.3, 0.4) is 0 Å². The fraction of sp³-hybridized carbons (Fsp3) is 0.190. The average Bonchev–Trinajstić information content (AvgIpc) is 3.12. The number of aromatic nitrogens is 3. The molecule has 5 nitrogen and oxygen atoms in total. The molecule has 0 radical (unpaired) electrons. The second-order valence-electron chi connectivity index (χ2n) is 6.33. The SMILES string of the molecule is CCn1c(SC(C)C(=O)c2c[nH]c3ccccc23)nc2ccccc2c1=O. The molecule has 2 aromatic carbocycles. The summed E-state index contributed by atoms with van der Waals surface area (Å²) in [5, 5.41) is 1.71. The van der Waals surface area contributed by atoms with Crippen LogP contribution in [-0.4, -0.2) is 25.6 Å². The molecule has 0 aliphatic carbocycles. The third-order valence-corrected chi connectivity index (χ3v) is 5.74. The number of hydrogen-bond acceptors (Lipinski definition) is 4. The molecule has 2 heterocycles. The van der Waals surface area contributed by atoms with Crippen LogP contribution in [0.1, 0.15) is 24.2 Å². The summed E-state index contributed by atoms with van der Waals surface area (Å²) in [6.45, 7) is 4.27. The standard InChI is InChI=1S/C21H19N3O2S/c1-3-24-20(26)15-9-5-7-11-18(15)23-21(24)27-13(2)19(25)16-12-22-17-10-6-4-8-14(16)17/h4-13,22H,3H2,1-2H3. The van der Waals surface area contributed by atoms with Crippen LogP contribution < -0.4 is 5.56 Å². The number of H-pyrrole nitrogens is 1. The summed E-state index contributed by atoms with van der Waals surface area (Å²) >= 11 is 1.33. The van der Waals surface area contributed by atoms with Crippen LogP contribution in [-0.2, 0) is 6.54 Å². The summed E-state index contributed by atoms with van der Waals surface area (Å²) in [7, 11) is 0. The van der Waals surface area contributed by atoms with Gasteiger partial charge in [0.2, 0.25) is 0 Å². The minimum absolute atomic E-state index is 0.0162. The van der Waals surface area contributed by atoms with E-state index < -0.39 is 0 Å². The Labute approximate surface area is 160 Å². The van der Waals surface area contributed by atoms with Crippen molar-refractivity contribution in [2.75, 3.05) is 0 Å². The van der Waals surface area contributed by atoms with E-state index in [2.05, 4.69) is 9.97 Å². The first-order chi connectivity index (χ1) is 13.1. The normalized spacial score (nSPS) is 12.5. The highest BCUT2D eigenvalue weighted by atomic mass is 32.2. The Bertz CT molecular complexity index is 1210. The van der Waals surface area contributed by atoms with E-state index in [1.54, 1.807) is 16.8 Å². The Morgan fingerprint density at radius 3 is 2.63 bits per heavy atom. The van der Waals surface area contributed by atoms with E-state index in [-0.39, 0.29) is 16.6 Å². The van der Waals surface area contributed by atoms with Gasteiger partial charge in [0, 0.05) is 29.2 Å². The molecule has 4 aromatic rings. The van der Waals surface area contributed by atoms with Gasteiger partial charge in [-0.25, -0.2) is 4.98 Å². The fourth-order valence-corrected chi connectivity index (χ4v) is 4.26. The predicted octanol–water partition coefficient (Wildman–Crippen LogP) is 4.26. The van der Waals surface area contributed by atoms with Gasteiger partial charge in [-0.1, -0.05) is 42.1 Å². The fourth-order valence-electron chi connectivity index (χ4n) is 3.22. The lowest BCUT2D eigenvalue weighted by Gasteiger charge is -2.14. The second-order valence-corrected chi connectivity index (χ2v) is 7.64. The second kappa shape index (κ2) is 7.04. The van der Waals surface area contributed by atoms with E-state index >= 15 is 0 Å². The molecule has 0 saturated carbocycles. The number of nitrogens with one attached hydrogen (secondary N) is 1. The minimum Gasteiger partial charge on any atom is -0.360 e. The largest absolute Gasteiger partial charge is 0.360 e. The number of thioether (sulfide) groups is 1. The molecule has 136 valence electrons. The maximum absolute atomic E-state index is 13.0. The van der Waals surface area contributed by atoms with Crippen LogP contribution in [0.5, 0.6) is 0 Å². The van der Waals surface area contributed by atoms with E-state index in [9.17, 15) is 9.59 Å². The van der Waals surface area contributed by atoms with Crippen molar-refractivity contribution in [2.24, 2.45) is 0 Å². The molecule has 0 fully saturated rings. The van der Waals surface area contributed by atoms with E-state index in [0.717, 1.165) is 10.9 Å². The van der Waals surface area contributed by atoms with Gasteiger partial charge in [-0.15, -0.1) is 0 Å². The third kappa shape index (κ3) is 3.06. The molecule has 0 aliphatic heterocycles. The Morgan fingerprint density at radius 2 is 1.85 bits per heavy atom. The van der Waals surface area contributed by atoms with Gasteiger partial charge in [0.15, 0.2) is 10.9 Å². The lowest BCUT2D eigenvalue weighted by molar-refractivity contribution is 0.0995. The van der Waals surface area contributed by atoms with Crippen molar-refractivity contribution in [1.82, 2.24) is 14.5 Å². The van der Waals surface area contributed by atoms with Crippen LogP contribution in [0.15, 0.2) is 64.7 Å². The lowest BCUT2D eigenvalue weighted by atomic mass is 10.1. The number of ketones is 1. The third-order valence-electron chi connectivity index (χ3n) is 4.65. The van der Waals surface area contributed by atoms with Crippen LogP contribution in [0.25, 0.3) is 21.8 Å². The summed E-state index contributed by atoms with van der Waals surface area (Å²) in [4.78, 5) is 33.6. The Kier molecular flexibility index (Phi) is 4.58. The van der Waals surface area contributed by atoms with Gasteiger partial charge in [0.1, 0.15) is 0 Å². The highest BCUT2D eigenvalue weighted by Crippen LogP contribution is 2.27. The molecule has 0 amide bonds. The smallest absolute Gasteiger partial charge is 0.262 e. The zero-order valence-electron chi connectivity index (χ0n) is 15.1. The Balaban J connectivity index is 1.71. The van der Waals surface area contributed by atoms with Crippen LogP contribution in [0, 0.1) is 0 Å². The summed E-state index contributed by atoms with van der Waals surface area (Å²) < 4.78 is 1.63. The number of Topliss-reactive ketones (excluding diaryl/α,β-unsaturated/α-hetero) is 1. The molecule has 1 atom stereocenters. The van der Waals surface area contributed by atoms with Crippen LogP contribution in [0.4, 0.5) is 0 Å². The highest BCUT2D eigenvalue weighted by molar-refractivity contribution is 8.00. The van der Waals surface area contributed by atoms with Crippen LogP contribution >= 0.6 is 11.8 Å². The van der Waals surface area contributed by atoms with Crippen molar-refractivity contribution in [2.45, 2.75) is 30.8 Å². The van der Waals surface area contributed by atoms with Gasteiger partial charge in [0.05, 0.1) is 16.2 Å². The molecule has 27 heavy (non-hydrogen) atoms. The van der Waals surface area contributed by atoms with E-state index in [1.165, 1.54) is 11.8 Å². The number of nitrogens with zero attached hydrogens (tertiary/aromatic N) is 2. The molecule has 1 unspecified atom stereocenters. The van der Waals surface area contributed by atoms with Crippen LogP contribution in [0.2, 0.25) is 0 Å². The number of carbonyl (C=O) groups is 1. The van der Waals surface area contributed by atoms with Crippen molar-refractivity contribution >= 4 is 39.4 Å². The molecule has 1 N–H and O–H groups in total. The molecule has 0 spiro atoms. The summed E-state index contributed by atoms with van der Waals surface area (Å²) in [5.41, 5.74) is 2.18. The number of hydrogen-bond donors (Lipinski definition) is 1. The number of carbonyl (C=O) groups excluding carboxylic acids is 1. The van der Waals surface area contributed by atoms with Crippen molar-refractivity contribution in [3.05, 3.63) is 70.6 Å². The number of aromatic amines is 1. The number of fused-ring (bicyclic) bond motifs is 2. The molecule has 0 saturated heterocycles. The zero-order chi connectivity index (χ0) is 19.0. The highest BCUT2D eigenvalue weighted by Gasteiger charge is 2.22. The Morgan fingerprint density at radius 1 is 1.15 bits per heavy atom. The first-order valence-electron chi connectivity index (χ1n) is 8.86. The first-order valence-corrected chi connectivity index (χ1v) is 9.74. The Hall–Kier alpha value is -2.86. The topological polar surface area (TPSA) is 67.8 Å². The number of rotatable bonds is 5. The molecular formula is C21H19N3O2S. The molecule has 6 heteroatoms. The van der Waals surface area contributed by atoms with E-state index in [1.807, 2.05) is 56.3 Å². The molecular weight excluding hydrogens is 358 g/mol. The first kappa shape index (κ1) is 17.5. The summed E-state index contributed by atoms with van der Waals surface area (Å²) in [5.74, 6) is 0.0162. The van der Waals surface area contributed by atoms with Gasteiger partial charge in [-0.3, -0.25) is 14.2 Å². The maximum Gasteiger partial charge on any atom is 0.262 e. The number of benzene rings is 2. The average molecular weight is 377 g/mol. The molecule has 0 aliphatic rings. The lowest BCUT2D eigenvalue weighted by Crippen LogP contribution is -2.24. The van der Waals surface area contributed by atoms with Crippen molar-refractivity contribution < 1.29 is 4.79 Å². The monoisotopic (exact) mass is 377 g/mol. The minimum atomic E-state index is -0.366.